The molecule has 1 atom stereocenters. The third-order valence-electron chi connectivity index (χ3n) is 9.37. The Hall–Kier alpha value is -3.15. The maximum Gasteiger partial charge on any atom is 0.255 e. The third-order valence-corrected chi connectivity index (χ3v) is 10.1. The highest BCUT2D eigenvalue weighted by Crippen LogP contribution is 2.40. The summed E-state index contributed by atoms with van der Waals surface area (Å²) in [5.74, 6) is -0.815. The molecule has 1 saturated heterocycles. The summed E-state index contributed by atoms with van der Waals surface area (Å²) < 4.78 is 17.7. The van der Waals surface area contributed by atoms with Crippen molar-refractivity contribution in [3.05, 3.63) is 63.9 Å². The summed E-state index contributed by atoms with van der Waals surface area (Å²) in [4.78, 5) is 40.5. The molecule has 0 bridgehead atoms. The molecule has 11 heteroatoms. The van der Waals surface area contributed by atoms with E-state index in [0.717, 1.165) is 82.5 Å². The molecule has 3 aliphatic heterocycles. The molecule has 3 aromatic rings. The minimum atomic E-state index is -0.963. The van der Waals surface area contributed by atoms with E-state index >= 15 is 4.39 Å². The number of carbonyl (C=O) groups is 2. The predicted octanol–water partition coefficient (Wildman–Crippen LogP) is 4.08. The number of nitrogens with one attached hydrogen (secondary N) is 2. The first-order chi connectivity index (χ1) is 20.1. The number of halogens is 1. The van der Waals surface area contributed by atoms with Crippen LogP contribution in [0, 0.1) is 5.82 Å². The number of hydrogen-bond donors (Lipinski definition) is 2. The second-order valence-electron chi connectivity index (χ2n) is 11.7. The molecule has 216 valence electrons. The van der Waals surface area contributed by atoms with Gasteiger partial charge in [0, 0.05) is 54.1 Å². The van der Waals surface area contributed by atoms with Crippen LogP contribution in [0.3, 0.4) is 0 Å². The molecule has 2 amide bonds. The Morgan fingerprint density at radius 1 is 1.10 bits per heavy atom. The Labute approximate surface area is 243 Å². The van der Waals surface area contributed by atoms with Crippen LogP contribution in [0.2, 0.25) is 0 Å². The van der Waals surface area contributed by atoms with Crippen molar-refractivity contribution in [3.63, 3.8) is 0 Å². The van der Waals surface area contributed by atoms with E-state index in [2.05, 4.69) is 25.5 Å². The number of fused-ring (bicyclic) bond motifs is 2. The first-order valence-corrected chi connectivity index (χ1v) is 15.8. The summed E-state index contributed by atoms with van der Waals surface area (Å²) in [5, 5.41) is 8.59. The number of aromatic nitrogens is 3. The first-order valence-electron chi connectivity index (χ1n) is 14.9. The van der Waals surface area contributed by atoms with E-state index in [-0.39, 0.29) is 30.1 Å². The summed E-state index contributed by atoms with van der Waals surface area (Å²) in [6.45, 7) is 5.23. The molecule has 1 unspecified atom stereocenters. The van der Waals surface area contributed by atoms with E-state index in [1.54, 1.807) is 24.0 Å². The van der Waals surface area contributed by atoms with Gasteiger partial charge in [0.05, 0.1) is 18.6 Å². The summed E-state index contributed by atoms with van der Waals surface area (Å²) in [6, 6.07) is 3.15. The third kappa shape index (κ3) is 5.08. The number of rotatable bonds is 6. The van der Waals surface area contributed by atoms with Crippen LogP contribution in [0.15, 0.2) is 30.0 Å². The average Bonchev–Trinajstić information content (AvgIpc) is 3.75. The number of anilines is 1. The fraction of sp³-hybridized carbons (Fsp3) is 0.533. The van der Waals surface area contributed by atoms with E-state index in [1.165, 1.54) is 22.7 Å². The van der Waals surface area contributed by atoms with Gasteiger partial charge in [-0.15, -0.1) is 11.3 Å². The summed E-state index contributed by atoms with van der Waals surface area (Å²) in [6.07, 6.45) is 10.5. The molecule has 0 spiro atoms. The van der Waals surface area contributed by atoms with E-state index in [4.69, 9.17) is 0 Å². The monoisotopic (exact) mass is 577 g/mol. The Balaban J connectivity index is 1.13. The number of imidazole rings is 1. The van der Waals surface area contributed by atoms with Gasteiger partial charge >= 0.3 is 0 Å². The number of thiazole rings is 1. The van der Waals surface area contributed by atoms with Gasteiger partial charge in [0.2, 0.25) is 0 Å². The van der Waals surface area contributed by atoms with Crippen LogP contribution < -0.4 is 10.6 Å². The van der Waals surface area contributed by atoms with Gasteiger partial charge in [0.1, 0.15) is 5.82 Å². The van der Waals surface area contributed by atoms with E-state index in [1.807, 2.05) is 10.6 Å². The molecule has 0 radical (unpaired) electrons. The van der Waals surface area contributed by atoms with Crippen molar-refractivity contribution >= 4 is 28.3 Å². The SMILES string of the molecule is O=C(Nc1nccs1)C(c1ncn2c1CCC2)N1Cc2c(F)cc(C3CCC(N4CCCNCC4)CC3)cc2C1=O. The standard InChI is InChI=1S/C30H36FN7O2S/c31-24-16-20(19-4-6-21(7-5-19)36-12-2-8-32-9-13-36)15-22-23(24)17-38(29(22)40)27(28(39)35-30-33-10-14-41-30)26-25-3-1-11-37(25)18-34-26/h10,14-16,18-19,21,27,32H,1-9,11-13,17H2,(H,33,35,39). The quantitative estimate of drug-likeness (QED) is 0.459. The van der Waals surface area contributed by atoms with Crippen LogP contribution in [-0.2, 0) is 24.3 Å². The number of nitrogens with zero attached hydrogens (tertiary/aromatic N) is 5. The Bertz CT molecular complexity index is 1420. The molecule has 9 nitrogen and oxygen atoms in total. The fourth-order valence-corrected chi connectivity index (χ4v) is 7.79. The van der Waals surface area contributed by atoms with E-state index in [0.29, 0.717) is 28.0 Å². The predicted molar refractivity (Wildman–Crippen MR) is 154 cm³/mol. The molecule has 1 aliphatic carbocycles. The Morgan fingerprint density at radius 3 is 2.80 bits per heavy atom. The van der Waals surface area contributed by atoms with Gasteiger partial charge in [-0.05, 0) is 81.6 Å². The number of hydrogen-bond acceptors (Lipinski definition) is 7. The number of carbonyl (C=O) groups excluding carboxylic acids is 2. The van der Waals surface area contributed by atoms with Gasteiger partial charge in [-0.3, -0.25) is 19.8 Å². The number of amides is 2. The molecule has 41 heavy (non-hydrogen) atoms. The molecule has 2 fully saturated rings. The highest BCUT2D eigenvalue weighted by molar-refractivity contribution is 7.13. The maximum absolute atomic E-state index is 15.7. The van der Waals surface area contributed by atoms with Crippen LogP contribution >= 0.6 is 11.3 Å². The molecule has 2 N–H and O–H groups in total. The van der Waals surface area contributed by atoms with E-state index < -0.39 is 6.04 Å². The number of benzene rings is 1. The second kappa shape index (κ2) is 11.3. The fourth-order valence-electron chi connectivity index (χ4n) is 7.26. The van der Waals surface area contributed by atoms with Crippen molar-refractivity contribution in [3.8, 4) is 0 Å². The van der Waals surface area contributed by atoms with E-state index in [9.17, 15) is 9.59 Å². The first kappa shape index (κ1) is 26.7. The highest BCUT2D eigenvalue weighted by atomic mass is 32.1. The van der Waals surface area contributed by atoms with Gasteiger partial charge in [-0.25, -0.2) is 14.4 Å². The van der Waals surface area contributed by atoms with Crippen LogP contribution in [0.25, 0.3) is 0 Å². The molecule has 5 heterocycles. The zero-order valence-corrected chi connectivity index (χ0v) is 24.0. The topological polar surface area (TPSA) is 95.4 Å². The zero-order chi connectivity index (χ0) is 27.9. The van der Waals surface area contributed by atoms with Crippen molar-refractivity contribution in [1.82, 2.24) is 29.7 Å². The smallest absolute Gasteiger partial charge is 0.255 e. The van der Waals surface area contributed by atoms with Gasteiger partial charge in [-0.1, -0.05) is 0 Å². The lowest BCUT2D eigenvalue weighted by Gasteiger charge is -2.36. The summed E-state index contributed by atoms with van der Waals surface area (Å²) >= 11 is 1.31. The summed E-state index contributed by atoms with van der Waals surface area (Å²) in [5.41, 5.74) is 3.18. The van der Waals surface area contributed by atoms with Gasteiger partial charge in [-0.2, -0.15) is 0 Å². The van der Waals surface area contributed by atoms with Crippen molar-refractivity contribution in [1.29, 1.82) is 0 Å². The summed E-state index contributed by atoms with van der Waals surface area (Å²) in [7, 11) is 0. The van der Waals surface area contributed by atoms with Crippen molar-refractivity contribution in [2.45, 2.75) is 76.0 Å². The Kier molecular flexibility index (Phi) is 7.34. The number of aryl methyl sites for hydroxylation is 1. The lowest BCUT2D eigenvalue weighted by molar-refractivity contribution is -0.121. The minimum Gasteiger partial charge on any atom is -0.334 e. The molecule has 1 saturated carbocycles. The minimum absolute atomic E-state index is 0.0400. The van der Waals surface area contributed by atoms with Crippen molar-refractivity contribution in [2.75, 3.05) is 31.5 Å². The van der Waals surface area contributed by atoms with Crippen molar-refractivity contribution < 1.29 is 14.0 Å². The average molecular weight is 578 g/mol. The van der Waals surface area contributed by atoms with Gasteiger partial charge < -0.3 is 14.8 Å². The lowest BCUT2D eigenvalue weighted by Crippen LogP contribution is -2.40. The second-order valence-corrected chi connectivity index (χ2v) is 12.6. The largest absolute Gasteiger partial charge is 0.334 e. The molecular formula is C30H36FN7O2S. The van der Waals surface area contributed by atoms with Crippen LogP contribution in [0.4, 0.5) is 9.52 Å². The molecule has 4 aliphatic rings. The van der Waals surface area contributed by atoms with Crippen LogP contribution in [-0.4, -0.2) is 68.4 Å². The normalized spacial score (nSPS) is 23.7. The molecular weight excluding hydrogens is 541 g/mol. The molecule has 1 aromatic carbocycles. The molecule has 2 aromatic heterocycles. The van der Waals surface area contributed by atoms with Crippen molar-refractivity contribution in [2.24, 2.45) is 0 Å². The van der Waals surface area contributed by atoms with Gasteiger partial charge in [0.25, 0.3) is 11.8 Å². The highest BCUT2D eigenvalue weighted by Gasteiger charge is 2.42. The zero-order valence-electron chi connectivity index (χ0n) is 23.1. The van der Waals surface area contributed by atoms with Crippen LogP contribution in [0.1, 0.15) is 83.4 Å². The Morgan fingerprint density at radius 2 is 1.98 bits per heavy atom. The van der Waals surface area contributed by atoms with Crippen LogP contribution in [0.5, 0.6) is 0 Å². The van der Waals surface area contributed by atoms with Gasteiger partial charge in [0.15, 0.2) is 11.2 Å². The maximum atomic E-state index is 15.7. The lowest BCUT2D eigenvalue weighted by atomic mass is 9.80. The molecule has 7 rings (SSSR count).